The lowest BCUT2D eigenvalue weighted by atomic mass is 10.3. The fraction of sp³-hybridized carbons (Fsp3) is 0.143. The van der Waals surface area contributed by atoms with Gasteiger partial charge in [0, 0.05) is 0 Å². The Kier molecular flexibility index (Phi) is 3.73. The van der Waals surface area contributed by atoms with Crippen LogP contribution in [-0.2, 0) is 4.57 Å². The maximum absolute atomic E-state index is 10.7. The molecule has 0 aromatic heterocycles. The monoisotopic (exact) mass is 314 g/mol. The van der Waals surface area contributed by atoms with Crippen molar-refractivity contribution >= 4 is 30.2 Å². The van der Waals surface area contributed by atoms with Crippen molar-refractivity contribution in [3.8, 4) is 5.75 Å². The van der Waals surface area contributed by atoms with Gasteiger partial charge in [-0.05, 0) is 34.7 Å². The highest BCUT2D eigenvalue weighted by atomic mass is 127. The molecule has 1 aromatic rings. The summed E-state index contributed by atoms with van der Waals surface area (Å²) >= 11 is 1.57. The van der Waals surface area contributed by atoms with Crippen molar-refractivity contribution in [1.82, 2.24) is 0 Å². The SMILES string of the molecule is O=P(O)(O)C(I)Oc1ccccc1. The molecular weight excluding hydrogens is 306 g/mol. The van der Waals surface area contributed by atoms with Crippen molar-refractivity contribution in [3.05, 3.63) is 30.3 Å². The molecule has 0 aliphatic rings. The van der Waals surface area contributed by atoms with Crippen molar-refractivity contribution < 1.29 is 19.1 Å². The summed E-state index contributed by atoms with van der Waals surface area (Å²) in [4.78, 5) is 17.5. The number of halogens is 1. The third-order valence-corrected chi connectivity index (χ3v) is 4.31. The molecule has 0 saturated carbocycles. The topological polar surface area (TPSA) is 66.8 Å². The molecular formula is C7H8IO4P. The number of alkyl halides is 1. The third kappa shape index (κ3) is 3.64. The van der Waals surface area contributed by atoms with E-state index in [4.69, 9.17) is 14.5 Å². The lowest BCUT2D eigenvalue weighted by molar-refractivity contribution is 0.290. The molecule has 6 heteroatoms. The van der Waals surface area contributed by atoms with E-state index in [9.17, 15) is 4.57 Å². The molecule has 1 rings (SSSR count). The van der Waals surface area contributed by atoms with Gasteiger partial charge in [0.25, 0.3) is 0 Å². The van der Waals surface area contributed by atoms with Crippen LogP contribution in [0.4, 0.5) is 0 Å². The van der Waals surface area contributed by atoms with Crippen molar-refractivity contribution in [1.29, 1.82) is 0 Å². The van der Waals surface area contributed by atoms with Crippen LogP contribution in [0.15, 0.2) is 30.3 Å². The quantitative estimate of drug-likeness (QED) is 0.508. The number of hydrogen-bond donors (Lipinski definition) is 2. The van der Waals surface area contributed by atoms with Crippen LogP contribution in [0.3, 0.4) is 0 Å². The maximum atomic E-state index is 10.7. The van der Waals surface area contributed by atoms with Crippen LogP contribution in [-0.4, -0.2) is 13.6 Å². The first-order valence-corrected chi connectivity index (χ1v) is 6.34. The van der Waals surface area contributed by atoms with Crippen LogP contribution < -0.4 is 4.74 Å². The molecule has 72 valence electrons. The van der Waals surface area contributed by atoms with Gasteiger partial charge in [-0.3, -0.25) is 4.57 Å². The fourth-order valence-corrected chi connectivity index (χ4v) is 1.23. The van der Waals surface area contributed by atoms with Crippen molar-refractivity contribution in [2.45, 2.75) is 3.85 Å². The number of benzene rings is 1. The lowest BCUT2D eigenvalue weighted by Gasteiger charge is -2.13. The molecule has 0 saturated heterocycles. The van der Waals surface area contributed by atoms with E-state index < -0.39 is 11.4 Å². The van der Waals surface area contributed by atoms with Gasteiger partial charge < -0.3 is 14.5 Å². The van der Waals surface area contributed by atoms with Gasteiger partial charge in [-0.2, -0.15) is 0 Å². The largest absolute Gasteiger partial charge is 0.467 e. The summed E-state index contributed by atoms with van der Waals surface area (Å²) in [5, 5.41) is 0. The van der Waals surface area contributed by atoms with Crippen molar-refractivity contribution in [2.75, 3.05) is 0 Å². The van der Waals surface area contributed by atoms with Gasteiger partial charge >= 0.3 is 7.60 Å². The Bertz CT molecular complexity index is 310. The minimum absolute atomic E-state index is 0.449. The Labute approximate surface area is 89.2 Å². The number of hydrogen-bond acceptors (Lipinski definition) is 2. The fourth-order valence-electron chi connectivity index (χ4n) is 0.680. The molecule has 0 fully saturated rings. The van der Waals surface area contributed by atoms with Gasteiger partial charge in [-0.1, -0.05) is 18.2 Å². The van der Waals surface area contributed by atoms with Crippen molar-refractivity contribution in [2.24, 2.45) is 0 Å². The van der Waals surface area contributed by atoms with E-state index in [1.165, 1.54) is 0 Å². The smallest absolute Gasteiger partial charge is 0.375 e. The Balaban J connectivity index is 2.66. The molecule has 0 heterocycles. The Morgan fingerprint density at radius 3 is 2.31 bits per heavy atom. The predicted molar refractivity (Wildman–Crippen MR) is 56.9 cm³/mol. The second kappa shape index (κ2) is 4.41. The second-order valence-corrected chi connectivity index (χ2v) is 6.08. The molecule has 4 nitrogen and oxygen atoms in total. The standard InChI is InChI=1S/C7H8IO4P/c8-7(13(9,10)11)12-6-4-2-1-3-5-6/h1-5,7H,(H2,9,10,11). The minimum atomic E-state index is -4.16. The van der Waals surface area contributed by atoms with E-state index in [-0.39, 0.29) is 0 Å². The lowest BCUT2D eigenvalue weighted by Crippen LogP contribution is -2.07. The summed E-state index contributed by atoms with van der Waals surface area (Å²) in [6.45, 7) is 0. The van der Waals surface area contributed by atoms with E-state index >= 15 is 0 Å². The van der Waals surface area contributed by atoms with E-state index in [2.05, 4.69) is 0 Å². The average Bonchev–Trinajstić information content (AvgIpc) is 2.04. The summed E-state index contributed by atoms with van der Waals surface area (Å²) in [7, 11) is -4.16. The molecule has 2 N–H and O–H groups in total. The Hall–Kier alpha value is -0.100. The molecule has 1 atom stereocenters. The van der Waals surface area contributed by atoms with Gasteiger partial charge in [0.15, 0.2) is 0 Å². The first-order chi connectivity index (χ1) is 6.00. The van der Waals surface area contributed by atoms with Gasteiger partial charge in [-0.15, -0.1) is 0 Å². The molecule has 0 bridgehead atoms. The number of para-hydroxylation sites is 1. The van der Waals surface area contributed by atoms with Gasteiger partial charge in [-0.25, -0.2) is 0 Å². The van der Waals surface area contributed by atoms with Crippen LogP contribution in [0.25, 0.3) is 0 Å². The average molecular weight is 314 g/mol. The van der Waals surface area contributed by atoms with Gasteiger partial charge in [0.2, 0.25) is 3.85 Å². The highest BCUT2D eigenvalue weighted by Crippen LogP contribution is 2.45. The molecule has 1 aromatic carbocycles. The summed E-state index contributed by atoms with van der Waals surface area (Å²) in [5.74, 6) is 0.449. The summed E-state index contributed by atoms with van der Waals surface area (Å²) in [6.07, 6.45) is 0. The number of rotatable bonds is 3. The van der Waals surface area contributed by atoms with E-state index in [0.717, 1.165) is 0 Å². The number of ether oxygens (including phenoxy) is 1. The van der Waals surface area contributed by atoms with E-state index in [0.29, 0.717) is 5.75 Å². The van der Waals surface area contributed by atoms with E-state index in [1.807, 2.05) is 0 Å². The molecule has 0 aliphatic heterocycles. The Morgan fingerprint density at radius 2 is 1.85 bits per heavy atom. The molecule has 0 amide bonds. The zero-order chi connectivity index (χ0) is 9.90. The first-order valence-electron chi connectivity index (χ1n) is 3.41. The highest BCUT2D eigenvalue weighted by molar-refractivity contribution is 14.1. The molecule has 1 unspecified atom stereocenters. The Morgan fingerprint density at radius 1 is 1.31 bits per heavy atom. The van der Waals surface area contributed by atoms with E-state index in [1.54, 1.807) is 52.9 Å². The summed E-state index contributed by atoms with van der Waals surface area (Å²) < 4.78 is 14.6. The van der Waals surface area contributed by atoms with Crippen molar-refractivity contribution in [3.63, 3.8) is 0 Å². The molecule has 0 aliphatic carbocycles. The van der Waals surface area contributed by atoms with Crippen LogP contribution in [0.5, 0.6) is 5.75 Å². The molecule has 13 heavy (non-hydrogen) atoms. The van der Waals surface area contributed by atoms with Gasteiger partial charge in [0.1, 0.15) is 5.75 Å². The third-order valence-electron chi connectivity index (χ3n) is 1.24. The van der Waals surface area contributed by atoms with Crippen LogP contribution in [0, 0.1) is 0 Å². The zero-order valence-electron chi connectivity index (χ0n) is 6.50. The second-order valence-electron chi connectivity index (χ2n) is 2.31. The summed E-state index contributed by atoms with van der Waals surface area (Å²) in [6, 6.07) is 8.55. The first kappa shape index (κ1) is 11.0. The molecule has 0 radical (unpaired) electrons. The zero-order valence-corrected chi connectivity index (χ0v) is 9.55. The predicted octanol–water partition coefficient (Wildman–Crippen LogP) is 1.96. The normalized spacial score (nSPS) is 13.8. The minimum Gasteiger partial charge on any atom is -0.467 e. The highest BCUT2D eigenvalue weighted by Gasteiger charge is 2.27. The maximum Gasteiger partial charge on any atom is 0.375 e. The summed E-state index contributed by atoms with van der Waals surface area (Å²) in [5.41, 5.74) is 0. The van der Waals surface area contributed by atoms with Gasteiger partial charge in [0.05, 0.1) is 0 Å². The van der Waals surface area contributed by atoms with Crippen LogP contribution in [0.1, 0.15) is 0 Å². The molecule has 0 spiro atoms. The van der Waals surface area contributed by atoms with Crippen LogP contribution >= 0.6 is 30.2 Å². The van der Waals surface area contributed by atoms with Crippen LogP contribution in [0.2, 0.25) is 0 Å².